The molecule has 4 heteroatoms. The molecular weight excluding hydrogens is 254 g/mol. The number of carbonyl (C=O) groups excluding carboxylic acids is 2. The zero-order chi connectivity index (χ0) is 15.8. The van der Waals surface area contributed by atoms with Gasteiger partial charge in [0.2, 0.25) is 0 Å². The summed E-state index contributed by atoms with van der Waals surface area (Å²) in [6.45, 7) is 13.4. The van der Waals surface area contributed by atoms with Crippen LogP contribution in [-0.2, 0) is 14.3 Å². The zero-order valence-corrected chi connectivity index (χ0v) is 13.9. The van der Waals surface area contributed by atoms with E-state index in [0.717, 1.165) is 12.8 Å². The Morgan fingerprint density at radius 2 is 1.65 bits per heavy atom. The van der Waals surface area contributed by atoms with Gasteiger partial charge in [-0.2, -0.15) is 0 Å². The Labute approximate surface area is 122 Å². The smallest absolute Gasteiger partial charge is 0.319 e. The van der Waals surface area contributed by atoms with E-state index in [-0.39, 0.29) is 28.9 Å². The Hall–Kier alpha value is -0.900. The molecule has 1 atom stereocenters. The summed E-state index contributed by atoms with van der Waals surface area (Å²) in [5.41, 5.74) is -1.17. The molecule has 1 N–H and O–H groups in total. The molecule has 0 aromatic carbocycles. The van der Waals surface area contributed by atoms with Crippen molar-refractivity contribution in [2.24, 2.45) is 5.41 Å². The average Bonchev–Trinajstić information content (AvgIpc) is 2.22. The molecule has 1 aliphatic rings. The minimum atomic E-state index is -1.01. The molecule has 20 heavy (non-hydrogen) atoms. The molecule has 0 saturated carbocycles. The molecule has 1 saturated heterocycles. The van der Waals surface area contributed by atoms with Gasteiger partial charge in [0.25, 0.3) is 0 Å². The monoisotopic (exact) mass is 283 g/mol. The van der Waals surface area contributed by atoms with Gasteiger partial charge in [0.05, 0.1) is 0 Å². The number of ketones is 1. The van der Waals surface area contributed by atoms with Gasteiger partial charge in [-0.3, -0.25) is 9.59 Å². The van der Waals surface area contributed by atoms with Crippen LogP contribution in [0.25, 0.3) is 0 Å². The Morgan fingerprint density at radius 1 is 1.20 bits per heavy atom. The molecule has 4 nitrogen and oxygen atoms in total. The van der Waals surface area contributed by atoms with Crippen LogP contribution in [-0.4, -0.2) is 28.9 Å². The number of carbonyl (C=O) groups is 2. The van der Waals surface area contributed by atoms with E-state index in [2.05, 4.69) is 33.0 Å². The number of ether oxygens (including phenoxy) is 1. The van der Waals surface area contributed by atoms with Crippen molar-refractivity contribution in [2.45, 2.75) is 84.9 Å². The van der Waals surface area contributed by atoms with Crippen LogP contribution in [0.5, 0.6) is 0 Å². The SMILES string of the molecule is CCC(C)(C(C)=O)C(=O)OC1CC(C)(C)NC(C)(C)C1. The van der Waals surface area contributed by atoms with Gasteiger partial charge >= 0.3 is 5.97 Å². The second kappa shape index (κ2) is 5.47. The second-order valence-electron chi connectivity index (χ2n) is 7.57. The quantitative estimate of drug-likeness (QED) is 0.637. The highest BCUT2D eigenvalue weighted by Gasteiger charge is 2.43. The van der Waals surface area contributed by atoms with E-state index in [1.54, 1.807) is 6.92 Å². The van der Waals surface area contributed by atoms with Crippen LogP contribution in [0.2, 0.25) is 0 Å². The van der Waals surface area contributed by atoms with Crippen LogP contribution in [0.15, 0.2) is 0 Å². The molecule has 116 valence electrons. The summed E-state index contributed by atoms with van der Waals surface area (Å²) in [7, 11) is 0. The fraction of sp³-hybridized carbons (Fsp3) is 0.875. The number of esters is 1. The highest BCUT2D eigenvalue weighted by molar-refractivity contribution is 6.02. The van der Waals surface area contributed by atoms with Crippen molar-refractivity contribution < 1.29 is 14.3 Å². The van der Waals surface area contributed by atoms with E-state index >= 15 is 0 Å². The summed E-state index contributed by atoms with van der Waals surface area (Å²) in [6, 6.07) is 0. The number of piperidine rings is 1. The molecule has 1 heterocycles. The number of nitrogens with one attached hydrogen (secondary N) is 1. The summed E-state index contributed by atoms with van der Waals surface area (Å²) in [5, 5.41) is 3.55. The lowest BCUT2D eigenvalue weighted by Gasteiger charge is -2.46. The average molecular weight is 283 g/mol. The van der Waals surface area contributed by atoms with E-state index in [1.807, 2.05) is 6.92 Å². The third-order valence-electron chi connectivity index (χ3n) is 4.36. The molecule has 0 aliphatic carbocycles. The molecule has 0 spiro atoms. The highest BCUT2D eigenvalue weighted by Crippen LogP contribution is 2.33. The maximum Gasteiger partial charge on any atom is 0.319 e. The minimum absolute atomic E-state index is 0.0778. The predicted molar refractivity (Wildman–Crippen MR) is 79.5 cm³/mol. The minimum Gasteiger partial charge on any atom is -0.461 e. The molecule has 0 radical (unpaired) electrons. The first-order valence-corrected chi connectivity index (χ1v) is 7.43. The van der Waals surface area contributed by atoms with Gasteiger partial charge in [-0.1, -0.05) is 6.92 Å². The lowest BCUT2D eigenvalue weighted by atomic mass is 9.80. The molecule has 1 aliphatic heterocycles. The van der Waals surface area contributed by atoms with Gasteiger partial charge in [-0.05, 0) is 48.0 Å². The molecule has 0 aromatic rings. The molecular formula is C16H29NO3. The summed E-state index contributed by atoms with van der Waals surface area (Å²) >= 11 is 0. The van der Waals surface area contributed by atoms with Crippen molar-refractivity contribution in [3.05, 3.63) is 0 Å². The summed E-state index contributed by atoms with van der Waals surface area (Å²) in [4.78, 5) is 24.1. The summed E-state index contributed by atoms with van der Waals surface area (Å²) < 4.78 is 5.68. The Bertz CT molecular complexity index is 385. The van der Waals surface area contributed by atoms with Gasteiger partial charge in [-0.15, -0.1) is 0 Å². The molecule has 1 rings (SSSR count). The van der Waals surface area contributed by atoms with Crippen LogP contribution < -0.4 is 5.32 Å². The van der Waals surface area contributed by atoms with Crippen LogP contribution in [0.4, 0.5) is 0 Å². The molecule has 0 amide bonds. The maximum absolute atomic E-state index is 12.4. The molecule has 1 fully saturated rings. The molecule has 0 bridgehead atoms. The third kappa shape index (κ3) is 3.81. The van der Waals surface area contributed by atoms with Crippen molar-refractivity contribution >= 4 is 11.8 Å². The van der Waals surface area contributed by atoms with Gasteiger partial charge < -0.3 is 10.1 Å². The van der Waals surface area contributed by atoms with Crippen molar-refractivity contribution in [3.63, 3.8) is 0 Å². The Balaban J connectivity index is 2.82. The first-order valence-electron chi connectivity index (χ1n) is 7.43. The third-order valence-corrected chi connectivity index (χ3v) is 4.36. The van der Waals surface area contributed by atoms with Crippen LogP contribution in [0, 0.1) is 5.41 Å². The van der Waals surface area contributed by atoms with Gasteiger partial charge in [0, 0.05) is 23.9 Å². The fourth-order valence-corrected chi connectivity index (χ4v) is 3.13. The van der Waals surface area contributed by atoms with Crippen molar-refractivity contribution in [1.29, 1.82) is 0 Å². The normalized spacial score (nSPS) is 24.8. The Morgan fingerprint density at radius 3 is 2.00 bits per heavy atom. The number of hydrogen-bond donors (Lipinski definition) is 1. The van der Waals surface area contributed by atoms with Gasteiger partial charge in [-0.25, -0.2) is 0 Å². The lowest BCUT2D eigenvalue weighted by Crippen LogP contribution is -2.60. The number of Topliss-reactive ketones (excluding diaryl/α,β-unsaturated/α-hetero) is 1. The van der Waals surface area contributed by atoms with Crippen LogP contribution in [0.3, 0.4) is 0 Å². The first-order chi connectivity index (χ1) is 8.92. The van der Waals surface area contributed by atoms with E-state index in [1.165, 1.54) is 6.92 Å². The topological polar surface area (TPSA) is 55.4 Å². The highest BCUT2D eigenvalue weighted by atomic mass is 16.5. The summed E-state index contributed by atoms with van der Waals surface area (Å²) in [6.07, 6.45) is 1.86. The van der Waals surface area contributed by atoms with Crippen molar-refractivity contribution in [1.82, 2.24) is 5.32 Å². The fourth-order valence-electron chi connectivity index (χ4n) is 3.13. The number of hydrogen-bond acceptors (Lipinski definition) is 4. The van der Waals surface area contributed by atoms with Gasteiger partial charge in [0.15, 0.2) is 0 Å². The van der Waals surface area contributed by atoms with Crippen LogP contribution >= 0.6 is 0 Å². The van der Waals surface area contributed by atoms with E-state index in [4.69, 9.17) is 4.74 Å². The van der Waals surface area contributed by atoms with E-state index in [0.29, 0.717) is 6.42 Å². The second-order valence-corrected chi connectivity index (χ2v) is 7.57. The van der Waals surface area contributed by atoms with Crippen molar-refractivity contribution in [2.75, 3.05) is 0 Å². The molecule has 1 unspecified atom stereocenters. The van der Waals surface area contributed by atoms with E-state index < -0.39 is 5.41 Å². The predicted octanol–water partition coefficient (Wildman–Crippen LogP) is 2.84. The van der Waals surface area contributed by atoms with Gasteiger partial charge in [0.1, 0.15) is 17.3 Å². The zero-order valence-electron chi connectivity index (χ0n) is 13.9. The van der Waals surface area contributed by atoms with Crippen LogP contribution in [0.1, 0.15) is 67.7 Å². The first kappa shape index (κ1) is 17.2. The lowest BCUT2D eigenvalue weighted by molar-refractivity contribution is -0.167. The number of rotatable bonds is 4. The van der Waals surface area contributed by atoms with Crippen molar-refractivity contribution in [3.8, 4) is 0 Å². The maximum atomic E-state index is 12.4. The largest absolute Gasteiger partial charge is 0.461 e. The standard InChI is InChI=1S/C16H29NO3/c1-8-16(7,11(2)18)13(19)20-12-9-14(3,4)17-15(5,6)10-12/h12,17H,8-10H2,1-7H3. The van der Waals surface area contributed by atoms with E-state index in [9.17, 15) is 9.59 Å². The Kier molecular flexibility index (Phi) is 4.69. The summed E-state index contributed by atoms with van der Waals surface area (Å²) in [5.74, 6) is -0.511. The molecule has 0 aromatic heterocycles.